The number of rotatable bonds is 6. The molecule has 5 heterocycles. The summed E-state index contributed by atoms with van der Waals surface area (Å²) in [5, 5.41) is 2.66. The summed E-state index contributed by atoms with van der Waals surface area (Å²) in [6.45, 7) is 4.90. The third-order valence-electron chi connectivity index (χ3n) is 8.27. The molecule has 208 valence electrons. The van der Waals surface area contributed by atoms with Gasteiger partial charge in [0.2, 0.25) is 0 Å². The third-order valence-corrected chi connectivity index (χ3v) is 11.8. The molecule has 1 unspecified atom stereocenters. The normalized spacial score (nSPS) is 17.7. The van der Waals surface area contributed by atoms with E-state index < -0.39 is 8.07 Å². The van der Waals surface area contributed by atoms with Gasteiger partial charge in [0.05, 0.1) is 34.5 Å². The summed E-state index contributed by atoms with van der Waals surface area (Å²) in [6, 6.07) is 40.0. The first-order chi connectivity index (χ1) is 21.1. The Labute approximate surface area is 254 Å². The molecule has 0 radical (unpaired) electrons. The van der Waals surface area contributed by atoms with Crippen LogP contribution in [0.3, 0.4) is 0 Å². The van der Waals surface area contributed by atoms with Crippen molar-refractivity contribution in [2.75, 3.05) is 0 Å². The van der Waals surface area contributed by atoms with Crippen molar-refractivity contribution in [1.82, 2.24) is 15.0 Å². The van der Waals surface area contributed by atoms with E-state index in [0.717, 1.165) is 34.9 Å². The van der Waals surface area contributed by atoms with E-state index in [-0.39, 0.29) is 6.04 Å². The first kappa shape index (κ1) is 26.9. The Morgan fingerprint density at radius 1 is 0.581 bits per heavy atom. The summed E-state index contributed by atoms with van der Waals surface area (Å²) in [6.07, 6.45) is 9.03. The zero-order valence-corrected chi connectivity index (χ0v) is 25.4. The van der Waals surface area contributed by atoms with Crippen molar-refractivity contribution < 1.29 is 0 Å². The van der Waals surface area contributed by atoms with Gasteiger partial charge in [-0.05, 0) is 81.6 Å². The summed E-state index contributed by atoms with van der Waals surface area (Å²) < 4.78 is 0. The summed E-state index contributed by atoms with van der Waals surface area (Å²) in [4.78, 5) is 20.0. The minimum Gasteiger partial charge on any atom is -0.275 e. The Hall–Kier alpha value is -5.00. The molecule has 0 aliphatic carbocycles. The second kappa shape index (κ2) is 11.3. The number of hydrogen-bond acceptors (Lipinski definition) is 4. The molecule has 0 saturated heterocycles. The number of dihydropyridines is 1. The van der Waals surface area contributed by atoms with E-state index in [2.05, 4.69) is 120 Å². The van der Waals surface area contributed by atoms with Crippen LogP contribution in [0.4, 0.5) is 0 Å². The van der Waals surface area contributed by atoms with E-state index in [4.69, 9.17) is 9.98 Å². The molecule has 0 fully saturated rings. The minimum absolute atomic E-state index is 0.00893. The predicted molar refractivity (Wildman–Crippen MR) is 180 cm³/mol. The summed E-state index contributed by atoms with van der Waals surface area (Å²) in [5.74, 6) is 0. The summed E-state index contributed by atoms with van der Waals surface area (Å²) in [5.41, 5.74) is 9.72. The molecule has 0 N–H and O–H groups in total. The van der Waals surface area contributed by atoms with Gasteiger partial charge in [-0.25, -0.2) is 4.98 Å². The van der Waals surface area contributed by atoms with E-state index in [1.807, 2.05) is 42.7 Å². The predicted octanol–water partition coefficient (Wildman–Crippen LogP) is 8.85. The van der Waals surface area contributed by atoms with Crippen LogP contribution in [-0.4, -0.2) is 28.7 Å². The number of hydrogen-bond donors (Lipinski definition) is 0. The second-order valence-corrected chi connectivity index (χ2v) is 15.7. The van der Waals surface area contributed by atoms with Gasteiger partial charge < -0.3 is 0 Å². The molecule has 3 aromatic heterocycles. The van der Waals surface area contributed by atoms with Crippen LogP contribution in [0.2, 0.25) is 13.1 Å². The molecule has 4 nitrogen and oxygen atoms in total. The molecule has 0 spiro atoms. The van der Waals surface area contributed by atoms with Crippen LogP contribution >= 0.6 is 0 Å². The van der Waals surface area contributed by atoms with Crippen molar-refractivity contribution in [2.45, 2.75) is 25.6 Å². The number of benzene rings is 2. The summed E-state index contributed by atoms with van der Waals surface area (Å²) in [7, 11) is -2.40. The van der Waals surface area contributed by atoms with Crippen molar-refractivity contribution in [3.63, 3.8) is 0 Å². The van der Waals surface area contributed by atoms with Gasteiger partial charge in [0.25, 0.3) is 0 Å². The maximum absolute atomic E-state index is 5.41. The number of aromatic nitrogens is 3. The lowest BCUT2D eigenvalue weighted by atomic mass is 9.90. The molecule has 43 heavy (non-hydrogen) atoms. The molecule has 0 amide bonds. The largest absolute Gasteiger partial charge is 0.275 e. The van der Waals surface area contributed by atoms with Crippen molar-refractivity contribution in [3.05, 3.63) is 168 Å². The van der Waals surface area contributed by atoms with Gasteiger partial charge in [0.15, 0.2) is 0 Å². The molecular formula is C38H32N4Si. The third kappa shape index (κ3) is 5.02. The lowest BCUT2D eigenvalue weighted by molar-refractivity contribution is 0.710. The highest BCUT2D eigenvalue weighted by Crippen LogP contribution is 2.53. The Kier molecular flexibility index (Phi) is 7.09. The monoisotopic (exact) mass is 572 g/mol. The van der Waals surface area contributed by atoms with E-state index in [9.17, 15) is 0 Å². The highest BCUT2D eigenvalue weighted by molar-refractivity contribution is 7.07. The van der Waals surface area contributed by atoms with Crippen LogP contribution in [0.1, 0.15) is 35.0 Å². The molecule has 5 heteroatoms. The van der Waals surface area contributed by atoms with Crippen LogP contribution in [0.25, 0.3) is 27.7 Å². The Morgan fingerprint density at radius 2 is 1.19 bits per heavy atom. The van der Waals surface area contributed by atoms with Crippen LogP contribution in [0.15, 0.2) is 150 Å². The lowest BCUT2D eigenvalue weighted by Crippen LogP contribution is -2.34. The molecule has 2 aromatic carbocycles. The molecule has 2 aliphatic rings. The van der Waals surface area contributed by atoms with Crippen LogP contribution in [-0.2, 0) is 0 Å². The first-order valence-electron chi connectivity index (χ1n) is 14.8. The van der Waals surface area contributed by atoms with Crippen LogP contribution < -0.4 is 0 Å². The van der Waals surface area contributed by atoms with Crippen LogP contribution in [0.5, 0.6) is 0 Å². The van der Waals surface area contributed by atoms with E-state index in [0.29, 0.717) is 0 Å². The summed E-state index contributed by atoms with van der Waals surface area (Å²) >= 11 is 0. The lowest BCUT2D eigenvalue weighted by Gasteiger charge is -2.28. The highest BCUT2D eigenvalue weighted by Gasteiger charge is 2.45. The van der Waals surface area contributed by atoms with E-state index >= 15 is 0 Å². The molecule has 2 aliphatic heterocycles. The van der Waals surface area contributed by atoms with Crippen molar-refractivity contribution in [2.24, 2.45) is 4.99 Å². The molecule has 0 saturated carbocycles. The zero-order valence-electron chi connectivity index (χ0n) is 24.4. The average molecular weight is 573 g/mol. The van der Waals surface area contributed by atoms with E-state index in [1.165, 1.54) is 32.7 Å². The number of nitrogens with zero attached hydrogens (tertiary/aromatic N) is 4. The first-order valence-corrected chi connectivity index (χ1v) is 17.8. The van der Waals surface area contributed by atoms with Gasteiger partial charge >= 0.3 is 0 Å². The second-order valence-electron chi connectivity index (χ2n) is 11.4. The number of allylic oxidation sites excluding steroid dienone is 4. The van der Waals surface area contributed by atoms with Crippen molar-refractivity contribution in [1.29, 1.82) is 0 Å². The smallest absolute Gasteiger partial charge is 0.119 e. The fraction of sp³-hybridized carbons (Fsp3) is 0.105. The topological polar surface area (TPSA) is 51.0 Å². The van der Waals surface area contributed by atoms with Gasteiger partial charge in [-0.3, -0.25) is 15.0 Å². The van der Waals surface area contributed by atoms with Crippen LogP contribution in [0, 0.1) is 0 Å². The Bertz CT molecular complexity index is 1890. The van der Waals surface area contributed by atoms with E-state index in [1.54, 1.807) is 0 Å². The minimum atomic E-state index is -2.40. The molecule has 0 bridgehead atoms. The quantitative estimate of drug-likeness (QED) is 0.191. The zero-order chi connectivity index (χ0) is 29.2. The maximum atomic E-state index is 5.41. The molecule has 5 aromatic rings. The van der Waals surface area contributed by atoms with Gasteiger partial charge in [-0.15, -0.1) is 0 Å². The number of pyridine rings is 3. The van der Waals surface area contributed by atoms with Gasteiger partial charge in [0.1, 0.15) is 8.07 Å². The highest BCUT2D eigenvalue weighted by atomic mass is 28.3. The average Bonchev–Trinajstić information content (AvgIpc) is 3.33. The standard InChI is InChI=1S/C38H32N4Si/c1-43(2)37(33-23-13-21-31(41-33)29-19-9-11-25-39-29)35(27-15-5-3-6-16-27)36(28-17-7-4-8-18-28)38(43)34-24-14-22-32(42-34)30-20-10-12-26-40-30/h3-21,23-26,32H,22H2,1-2H3. The maximum Gasteiger partial charge on any atom is 0.119 e. The fourth-order valence-corrected chi connectivity index (χ4v) is 10.0. The molecular weight excluding hydrogens is 541 g/mol. The molecule has 7 rings (SSSR count). The number of aliphatic imine (C=N–C) groups is 1. The molecule has 1 atom stereocenters. The van der Waals surface area contributed by atoms with Gasteiger partial charge in [0, 0.05) is 12.4 Å². The van der Waals surface area contributed by atoms with Crippen molar-refractivity contribution in [3.8, 4) is 11.4 Å². The SMILES string of the molecule is C[Si]1(C)C(C2=NC(c3ccccn3)CC=C2)=C(c2ccccc2)C(c2ccccc2)=C1c1cccc(-c2ccccn2)n1. The van der Waals surface area contributed by atoms with Gasteiger partial charge in [-0.2, -0.15) is 0 Å². The Balaban J connectivity index is 1.50. The van der Waals surface area contributed by atoms with Crippen molar-refractivity contribution >= 4 is 30.1 Å². The van der Waals surface area contributed by atoms with Gasteiger partial charge in [-0.1, -0.05) is 98.0 Å². The Morgan fingerprint density at radius 3 is 1.84 bits per heavy atom. The fourth-order valence-electron chi connectivity index (χ4n) is 6.39.